The first-order valence-electron chi connectivity index (χ1n) is 7.08. The highest BCUT2D eigenvalue weighted by molar-refractivity contribution is 5.84. The number of hydrogen-bond donors (Lipinski definition) is 2. The van der Waals surface area contributed by atoms with Crippen LogP contribution >= 0.6 is 0 Å². The van der Waals surface area contributed by atoms with Gasteiger partial charge >= 0.3 is 0 Å². The number of aryl methyl sites for hydroxylation is 1. The third-order valence-corrected chi connectivity index (χ3v) is 3.10. The van der Waals surface area contributed by atoms with Crippen LogP contribution in [0, 0.1) is 5.82 Å². The van der Waals surface area contributed by atoms with Crippen molar-refractivity contribution in [1.82, 2.24) is 5.43 Å². The van der Waals surface area contributed by atoms with Gasteiger partial charge in [-0.15, -0.1) is 0 Å². The number of carbonyl (C=O) groups is 1. The molecule has 5 heteroatoms. The van der Waals surface area contributed by atoms with Crippen LogP contribution in [0.4, 0.5) is 10.1 Å². The fourth-order valence-corrected chi connectivity index (χ4v) is 1.84. The Morgan fingerprint density at radius 2 is 1.91 bits per heavy atom. The minimum Gasteiger partial charge on any atom is -0.374 e. The lowest BCUT2D eigenvalue weighted by atomic mass is 10.1. The molecule has 114 valence electrons. The molecule has 0 aliphatic heterocycles. The second-order valence-electron chi connectivity index (χ2n) is 4.72. The molecule has 2 N–H and O–H groups in total. The van der Waals surface area contributed by atoms with E-state index in [-0.39, 0.29) is 18.1 Å². The number of carbonyl (C=O) groups excluding carboxylic acids is 1. The van der Waals surface area contributed by atoms with E-state index in [1.807, 2.05) is 24.3 Å². The molecule has 0 saturated carbocycles. The zero-order valence-corrected chi connectivity index (χ0v) is 12.3. The minimum absolute atomic E-state index is 0.0486. The summed E-state index contributed by atoms with van der Waals surface area (Å²) < 4.78 is 13.4. The number of halogens is 1. The number of nitrogens with zero attached hydrogens (tertiary/aromatic N) is 1. The number of hydrazone groups is 1. The lowest BCUT2D eigenvalue weighted by molar-refractivity contribution is -0.119. The molecule has 0 aliphatic carbocycles. The topological polar surface area (TPSA) is 53.5 Å². The van der Waals surface area contributed by atoms with Gasteiger partial charge in [0.15, 0.2) is 0 Å². The molecule has 0 heterocycles. The number of rotatable bonds is 6. The minimum atomic E-state index is -0.394. The third-order valence-electron chi connectivity index (χ3n) is 3.10. The van der Waals surface area contributed by atoms with Crippen molar-refractivity contribution in [3.63, 3.8) is 0 Å². The number of para-hydroxylation sites is 1. The van der Waals surface area contributed by atoms with Crippen molar-refractivity contribution in [2.75, 3.05) is 11.9 Å². The van der Waals surface area contributed by atoms with Crippen LogP contribution in [0.1, 0.15) is 18.1 Å². The summed E-state index contributed by atoms with van der Waals surface area (Å²) in [6.45, 7) is 2.04. The Morgan fingerprint density at radius 1 is 1.18 bits per heavy atom. The van der Waals surface area contributed by atoms with Crippen LogP contribution in [-0.2, 0) is 11.2 Å². The van der Waals surface area contributed by atoms with Gasteiger partial charge in [0.25, 0.3) is 5.91 Å². The van der Waals surface area contributed by atoms with Crippen molar-refractivity contribution in [2.45, 2.75) is 13.3 Å². The van der Waals surface area contributed by atoms with E-state index < -0.39 is 5.82 Å². The van der Waals surface area contributed by atoms with Crippen LogP contribution in [0.3, 0.4) is 0 Å². The molecule has 22 heavy (non-hydrogen) atoms. The van der Waals surface area contributed by atoms with E-state index in [1.165, 1.54) is 11.6 Å². The maximum absolute atomic E-state index is 13.4. The standard InChI is InChI=1S/C17H18FN3O/c1-2-13-7-9-14(10-8-13)11-20-21-17(22)12-19-16-6-4-3-5-15(16)18/h3-11,19H,2,12H2,1H3,(H,21,22)/b20-11-. The predicted molar refractivity (Wildman–Crippen MR) is 86.4 cm³/mol. The Hall–Kier alpha value is -2.69. The maximum Gasteiger partial charge on any atom is 0.259 e. The zero-order valence-electron chi connectivity index (χ0n) is 12.3. The zero-order chi connectivity index (χ0) is 15.8. The molecular weight excluding hydrogens is 281 g/mol. The molecule has 0 saturated heterocycles. The molecule has 0 unspecified atom stereocenters. The van der Waals surface area contributed by atoms with Gasteiger partial charge in [-0.2, -0.15) is 5.10 Å². The smallest absolute Gasteiger partial charge is 0.259 e. The monoisotopic (exact) mass is 299 g/mol. The number of nitrogens with one attached hydrogen (secondary N) is 2. The molecule has 0 aliphatic rings. The van der Waals surface area contributed by atoms with Gasteiger partial charge in [0.05, 0.1) is 18.4 Å². The average molecular weight is 299 g/mol. The van der Waals surface area contributed by atoms with Gasteiger partial charge in [0.1, 0.15) is 5.82 Å². The van der Waals surface area contributed by atoms with Crippen LogP contribution in [0.15, 0.2) is 53.6 Å². The van der Waals surface area contributed by atoms with Crippen molar-refractivity contribution >= 4 is 17.8 Å². The molecule has 0 bridgehead atoms. The summed E-state index contributed by atoms with van der Waals surface area (Å²) in [4.78, 5) is 11.6. The van der Waals surface area contributed by atoms with Crippen LogP contribution in [-0.4, -0.2) is 18.7 Å². The summed E-state index contributed by atoms with van der Waals surface area (Å²) >= 11 is 0. The summed E-state index contributed by atoms with van der Waals surface area (Å²) in [5.41, 5.74) is 4.83. The van der Waals surface area contributed by atoms with E-state index in [2.05, 4.69) is 22.8 Å². The largest absolute Gasteiger partial charge is 0.374 e. The molecule has 0 radical (unpaired) electrons. The molecule has 2 rings (SSSR count). The highest BCUT2D eigenvalue weighted by Gasteiger charge is 2.02. The predicted octanol–water partition coefficient (Wildman–Crippen LogP) is 2.95. The average Bonchev–Trinajstić information content (AvgIpc) is 2.55. The van der Waals surface area contributed by atoms with Crippen LogP contribution in [0.2, 0.25) is 0 Å². The van der Waals surface area contributed by atoms with E-state index in [4.69, 9.17) is 0 Å². The first kappa shape index (κ1) is 15.7. The lowest BCUT2D eigenvalue weighted by Gasteiger charge is -2.05. The Kier molecular flexibility index (Phi) is 5.65. The summed E-state index contributed by atoms with van der Waals surface area (Å²) in [6, 6.07) is 14.1. The summed E-state index contributed by atoms with van der Waals surface area (Å²) in [7, 11) is 0. The Morgan fingerprint density at radius 3 is 2.59 bits per heavy atom. The van der Waals surface area contributed by atoms with Gasteiger partial charge in [-0.05, 0) is 29.7 Å². The summed E-state index contributed by atoms with van der Waals surface area (Å²) in [6.07, 6.45) is 2.55. The number of amides is 1. The molecular formula is C17H18FN3O. The molecule has 2 aromatic rings. The van der Waals surface area contributed by atoms with Crippen molar-refractivity contribution < 1.29 is 9.18 Å². The summed E-state index contributed by atoms with van der Waals surface area (Å²) in [5, 5.41) is 6.59. The SMILES string of the molecule is CCc1ccc(/C=N\NC(=O)CNc2ccccc2F)cc1. The fourth-order valence-electron chi connectivity index (χ4n) is 1.84. The van der Waals surface area contributed by atoms with Gasteiger partial charge < -0.3 is 5.32 Å². The van der Waals surface area contributed by atoms with E-state index in [0.29, 0.717) is 0 Å². The quantitative estimate of drug-likeness (QED) is 0.636. The van der Waals surface area contributed by atoms with Gasteiger partial charge in [0.2, 0.25) is 0 Å². The van der Waals surface area contributed by atoms with Crippen LogP contribution in [0.5, 0.6) is 0 Å². The normalized spacial score (nSPS) is 10.6. The number of hydrogen-bond acceptors (Lipinski definition) is 3. The van der Waals surface area contributed by atoms with Gasteiger partial charge in [-0.25, -0.2) is 9.82 Å². The van der Waals surface area contributed by atoms with Crippen molar-refractivity contribution in [1.29, 1.82) is 0 Å². The van der Waals surface area contributed by atoms with Gasteiger partial charge in [0, 0.05) is 0 Å². The number of anilines is 1. The maximum atomic E-state index is 13.4. The molecule has 0 atom stereocenters. The van der Waals surface area contributed by atoms with E-state index in [1.54, 1.807) is 24.4 Å². The van der Waals surface area contributed by atoms with E-state index in [0.717, 1.165) is 12.0 Å². The Balaban J connectivity index is 1.79. The van der Waals surface area contributed by atoms with Crippen molar-refractivity contribution in [3.05, 3.63) is 65.5 Å². The Labute approximate surface area is 129 Å². The third kappa shape index (κ3) is 4.70. The van der Waals surface area contributed by atoms with Crippen LogP contribution < -0.4 is 10.7 Å². The molecule has 2 aromatic carbocycles. The van der Waals surface area contributed by atoms with E-state index >= 15 is 0 Å². The molecule has 0 fully saturated rings. The highest BCUT2D eigenvalue weighted by atomic mass is 19.1. The molecule has 0 aromatic heterocycles. The van der Waals surface area contributed by atoms with Gasteiger partial charge in [-0.3, -0.25) is 4.79 Å². The highest BCUT2D eigenvalue weighted by Crippen LogP contribution is 2.11. The first-order chi connectivity index (χ1) is 10.7. The second kappa shape index (κ2) is 7.93. The molecule has 0 spiro atoms. The number of benzene rings is 2. The molecule has 1 amide bonds. The lowest BCUT2D eigenvalue weighted by Crippen LogP contribution is -2.26. The summed E-state index contributed by atoms with van der Waals surface area (Å²) in [5.74, 6) is -0.737. The molecule has 4 nitrogen and oxygen atoms in total. The van der Waals surface area contributed by atoms with E-state index in [9.17, 15) is 9.18 Å². The van der Waals surface area contributed by atoms with Crippen LogP contribution in [0.25, 0.3) is 0 Å². The second-order valence-corrected chi connectivity index (χ2v) is 4.72. The Bertz CT molecular complexity index is 653. The fraction of sp³-hybridized carbons (Fsp3) is 0.176. The van der Waals surface area contributed by atoms with Gasteiger partial charge in [-0.1, -0.05) is 43.3 Å². The first-order valence-corrected chi connectivity index (χ1v) is 7.08. The van der Waals surface area contributed by atoms with Crippen molar-refractivity contribution in [2.24, 2.45) is 5.10 Å². The van der Waals surface area contributed by atoms with Crippen molar-refractivity contribution in [3.8, 4) is 0 Å².